The van der Waals surface area contributed by atoms with Gasteiger partial charge in [-0.3, -0.25) is 4.72 Å². The maximum atomic E-state index is 13.3. The van der Waals surface area contributed by atoms with Crippen molar-refractivity contribution in [2.45, 2.75) is 24.8 Å². The molecular weight excluding hydrogens is 478 g/mol. The Hall–Kier alpha value is -3.17. The number of rotatable bonds is 6. The Morgan fingerprint density at radius 3 is 2.91 bits per heavy atom. The summed E-state index contributed by atoms with van der Waals surface area (Å²) in [6.45, 7) is 3.73. The molecule has 2 aliphatic heterocycles. The zero-order valence-corrected chi connectivity index (χ0v) is 20.4. The van der Waals surface area contributed by atoms with Gasteiger partial charge in [-0.2, -0.15) is 0 Å². The molecule has 34 heavy (non-hydrogen) atoms. The fraction of sp³-hybridized carbons (Fsp3) is 0.292. The molecule has 0 atom stereocenters. The third kappa shape index (κ3) is 4.21. The molecule has 2 aliphatic rings. The largest absolute Gasteiger partial charge is 0.490 e. The topological polar surface area (TPSA) is 90.0 Å². The highest BCUT2D eigenvalue weighted by Crippen LogP contribution is 2.41. The van der Waals surface area contributed by atoms with Crippen molar-refractivity contribution in [3.8, 4) is 17.4 Å². The summed E-state index contributed by atoms with van der Waals surface area (Å²) < 4.78 is 46.7. The first-order valence-corrected chi connectivity index (χ1v) is 12.7. The second-order valence-corrected chi connectivity index (χ2v) is 10.3. The lowest BCUT2D eigenvalue weighted by Crippen LogP contribution is -2.28. The number of pyridine rings is 1. The standard InChI is InChI=1S/C24H24ClN3O5S/c1-15-18(25)4-3-5-21(15)34(29,30)27-22-23-17(8-10-32-23)13-26-24(22)33-14-16-6-7-19-20(12-16)31-11-9-28(19)2/h3-7,12-13,27H,8-11,14H2,1-2H3. The molecule has 0 saturated carbocycles. The minimum atomic E-state index is -3.97. The van der Waals surface area contributed by atoms with E-state index in [0.29, 0.717) is 36.0 Å². The van der Waals surface area contributed by atoms with Gasteiger partial charge >= 0.3 is 0 Å². The smallest absolute Gasteiger partial charge is 0.262 e. The van der Waals surface area contributed by atoms with E-state index in [9.17, 15) is 8.42 Å². The van der Waals surface area contributed by atoms with E-state index in [-0.39, 0.29) is 23.1 Å². The van der Waals surface area contributed by atoms with Crippen LogP contribution in [0.4, 0.5) is 11.4 Å². The van der Waals surface area contributed by atoms with E-state index in [1.165, 1.54) is 6.07 Å². The molecule has 178 valence electrons. The van der Waals surface area contributed by atoms with Crippen LogP contribution >= 0.6 is 11.6 Å². The maximum Gasteiger partial charge on any atom is 0.262 e. The third-order valence-corrected chi connectivity index (χ3v) is 7.83. The van der Waals surface area contributed by atoms with Crippen molar-refractivity contribution >= 4 is 33.0 Å². The molecule has 0 spiro atoms. The predicted octanol–water partition coefficient (Wildman–Crippen LogP) is 4.19. The molecule has 0 fully saturated rings. The van der Waals surface area contributed by atoms with Gasteiger partial charge in [0, 0.05) is 30.3 Å². The summed E-state index contributed by atoms with van der Waals surface area (Å²) >= 11 is 6.16. The molecule has 0 aliphatic carbocycles. The van der Waals surface area contributed by atoms with Crippen molar-refractivity contribution in [3.05, 3.63) is 64.3 Å². The monoisotopic (exact) mass is 501 g/mol. The number of hydrogen-bond acceptors (Lipinski definition) is 7. The quantitative estimate of drug-likeness (QED) is 0.541. The van der Waals surface area contributed by atoms with Crippen molar-refractivity contribution in [3.63, 3.8) is 0 Å². The van der Waals surface area contributed by atoms with Gasteiger partial charge in [-0.25, -0.2) is 13.4 Å². The fourth-order valence-corrected chi connectivity index (χ4v) is 5.59. The Morgan fingerprint density at radius 1 is 1.21 bits per heavy atom. The highest BCUT2D eigenvalue weighted by Gasteiger charge is 2.27. The van der Waals surface area contributed by atoms with Gasteiger partial charge in [-0.1, -0.05) is 23.7 Å². The predicted molar refractivity (Wildman–Crippen MR) is 130 cm³/mol. The number of benzene rings is 2. The van der Waals surface area contributed by atoms with Crippen LogP contribution in [0.25, 0.3) is 0 Å². The van der Waals surface area contributed by atoms with Gasteiger partial charge in [0.15, 0.2) is 11.4 Å². The van der Waals surface area contributed by atoms with Crippen molar-refractivity contribution in [1.29, 1.82) is 0 Å². The van der Waals surface area contributed by atoms with Gasteiger partial charge in [0.1, 0.15) is 19.0 Å². The van der Waals surface area contributed by atoms with Crippen LogP contribution in [0.5, 0.6) is 17.4 Å². The Kier molecular flexibility index (Phi) is 5.91. The number of nitrogens with one attached hydrogen (secondary N) is 1. The third-order valence-electron chi connectivity index (χ3n) is 5.93. The number of fused-ring (bicyclic) bond motifs is 2. The summed E-state index contributed by atoms with van der Waals surface area (Å²) in [6.07, 6.45) is 2.30. The van der Waals surface area contributed by atoms with E-state index in [4.69, 9.17) is 25.8 Å². The summed E-state index contributed by atoms with van der Waals surface area (Å²) in [7, 11) is -1.95. The summed E-state index contributed by atoms with van der Waals surface area (Å²) in [5.74, 6) is 1.36. The first-order chi connectivity index (χ1) is 16.3. The second-order valence-electron chi connectivity index (χ2n) is 8.22. The normalized spacial score (nSPS) is 14.6. The van der Waals surface area contributed by atoms with Crippen LogP contribution in [-0.2, 0) is 23.1 Å². The van der Waals surface area contributed by atoms with Crippen molar-refractivity contribution in [1.82, 2.24) is 4.98 Å². The summed E-state index contributed by atoms with van der Waals surface area (Å²) in [5.41, 5.74) is 3.35. The SMILES string of the molecule is Cc1c(Cl)cccc1S(=O)(=O)Nc1c(OCc2ccc3c(c2)OCCN3C)ncc2c1OCC2. The number of hydrogen-bond donors (Lipinski definition) is 1. The minimum absolute atomic E-state index is 0.0810. The molecule has 1 aromatic heterocycles. The lowest BCUT2D eigenvalue weighted by molar-refractivity contribution is 0.288. The Balaban J connectivity index is 1.45. The maximum absolute atomic E-state index is 13.3. The summed E-state index contributed by atoms with van der Waals surface area (Å²) in [6, 6.07) is 10.6. The van der Waals surface area contributed by atoms with Crippen LogP contribution in [0, 0.1) is 6.92 Å². The molecule has 2 aromatic carbocycles. The number of ether oxygens (including phenoxy) is 3. The van der Waals surface area contributed by atoms with E-state index in [0.717, 1.165) is 29.1 Å². The molecule has 0 saturated heterocycles. The van der Waals surface area contributed by atoms with E-state index >= 15 is 0 Å². The minimum Gasteiger partial charge on any atom is -0.490 e. The van der Waals surface area contributed by atoms with Crippen molar-refractivity contribution < 1.29 is 22.6 Å². The number of halogens is 1. The van der Waals surface area contributed by atoms with Crippen LogP contribution in [0.1, 0.15) is 16.7 Å². The number of sulfonamides is 1. The Morgan fingerprint density at radius 2 is 2.06 bits per heavy atom. The molecule has 0 radical (unpaired) electrons. The number of nitrogens with zero attached hydrogens (tertiary/aromatic N) is 2. The lowest BCUT2D eigenvalue weighted by Gasteiger charge is -2.28. The van der Waals surface area contributed by atoms with Crippen LogP contribution in [-0.4, -0.2) is 40.2 Å². The van der Waals surface area contributed by atoms with E-state index in [1.54, 1.807) is 25.3 Å². The summed E-state index contributed by atoms with van der Waals surface area (Å²) in [4.78, 5) is 6.60. The van der Waals surface area contributed by atoms with Crippen molar-refractivity contribution in [2.75, 3.05) is 36.4 Å². The highest BCUT2D eigenvalue weighted by atomic mass is 35.5. The van der Waals surface area contributed by atoms with Crippen LogP contribution < -0.4 is 23.8 Å². The molecular formula is C24H24ClN3O5S. The van der Waals surface area contributed by atoms with Crippen LogP contribution in [0.15, 0.2) is 47.5 Å². The Bertz CT molecular complexity index is 1360. The van der Waals surface area contributed by atoms with Gasteiger partial charge in [0.25, 0.3) is 10.0 Å². The number of anilines is 2. The molecule has 5 rings (SSSR count). The molecule has 10 heteroatoms. The van der Waals surface area contributed by atoms with Gasteiger partial charge < -0.3 is 19.1 Å². The zero-order chi connectivity index (χ0) is 23.9. The first kappa shape index (κ1) is 22.6. The van der Waals surface area contributed by atoms with E-state index in [1.807, 2.05) is 25.2 Å². The lowest BCUT2D eigenvalue weighted by atomic mass is 10.1. The highest BCUT2D eigenvalue weighted by molar-refractivity contribution is 7.92. The zero-order valence-electron chi connectivity index (χ0n) is 18.8. The number of likely N-dealkylation sites (N-methyl/N-ethyl adjacent to an activating group) is 1. The van der Waals surface area contributed by atoms with Gasteiger partial charge in [-0.15, -0.1) is 0 Å². The second kappa shape index (κ2) is 8.88. The fourth-order valence-electron chi connectivity index (χ4n) is 4.03. The van der Waals surface area contributed by atoms with Crippen molar-refractivity contribution in [2.24, 2.45) is 0 Å². The average molecular weight is 502 g/mol. The molecule has 0 amide bonds. The molecule has 0 unspecified atom stereocenters. The Labute approximate surface area is 203 Å². The molecule has 3 aromatic rings. The van der Waals surface area contributed by atoms with Crippen LogP contribution in [0.2, 0.25) is 5.02 Å². The number of aromatic nitrogens is 1. The molecule has 8 nitrogen and oxygen atoms in total. The van der Waals surface area contributed by atoms with E-state index in [2.05, 4.69) is 14.6 Å². The van der Waals surface area contributed by atoms with Crippen LogP contribution in [0.3, 0.4) is 0 Å². The summed E-state index contributed by atoms with van der Waals surface area (Å²) in [5, 5.41) is 0.368. The molecule has 1 N–H and O–H groups in total. The molecule has 3 heterocycles. The molecule has 0 bridgehead atoms. The van der Waals surface area contributed by atoms with Gasteiger partial charge in [0.05, 0.1) is 23.7 Å². The average Bonchev–Trinajstić information content (AvgIpc) is 3.29. The van der Waals surface area contributed by atoms with E-state index < -0.39 is 10.0 Å². The van der Waals surface area contributed by atoms with Gasteiger partial charge in [0.2, 0.25) is 5.88 Å². The first-order valence-electron chi connectivity index (χ1n) is 10.9. The van der Waals surface area contributed by atoms with Gasteiger partial charge in [-0.05, 0) is 42.3 Å².